The third kappa shape index (κ3) is 5.92. The maximum Gasteiger partial charge on any atom is 0.241 e. The molecule has 2 amide bonds. The van der Waals surface area contributed by atoms with Crippen LogP contribution in [-0.2, 0) is 9.59 Å². The Bertz CT molecular complexity index is 986. The van der Waals surface area contributed by atoms with Crippen molar-refractivity contribution in [1.82, 2.24) is 10.1 Å². The van der Waals surface area contributed by atoms with E-state index in [-0.39, 0.29) is 18.4 Å². The molecule has 0 spiro atoms. The molecule has 8 heteroatoms. The molecule has 1 heterocycles. The molecular formula is C22H24N4O4. The second-order valence-electron chi connectivity index (χ2n) is 6.89. The number of nitrogens with zero attached hydrogens (tertiary/aromatic N) is 2. The average Bonchev–Trinajstić information content (AvgIpc) is 3.13. The number of ether oxygens (including phenoxy) is 1. The Morgan fingerprint density at radius 2 is 1.73 bits per heavy atom. The van der Waals surface area contributed by atoms with Gasteiger partial charge in [0.1, 0.15) is 17.3 Å². The van der Waals surface area contributed by atoms with Crippen molar-refractivity contribution in [2.75, 3.05) is 24.2 Å². The first kappa shape index (κ1) is 21.1. The topological polar surface area (TPSA) is 96.7 Å². The predicted molar refractivity (Wildman–Crippen MR) is 114 cm³/mol. The summed E-state index contributed by atoms with van der Waals surface area (Å²) in [6, 6.07) is 17.7. The molecule has 0 radical (unpaired) electrons. The number of likely N-dealkylation sites (N-methyl/N-ethyl adjacent to an activating group) is 1. The van der Waals surface area contributed by atoms with Gasteiger partial charge >= 0.3 is 0 Å². The summed E-state index contributed by atoms with van der Waals surface area (Å²) >= 11 is 0. The molecule has 2 aromatic carbocycles. The van der Waals surface area contributed by atoms with Gasteiger partial charge in [0.15, 0.2) is 5.82 Å². The van der Waals surface area contributed by atoms with E-state index < -0.39 is 6.04 Å². The summed E-state index contributed by atoms with van der Waals surface area (Å²) in [6.07, 6.45) is 0. The number of aryl methyl sites for hydroxylation is 1. The number of hydrogen-bond acceptors (Lipinski definition) is 6. The number of benzene rings is 2. The smallest absolute Gasteiger partial charge is 0.241 e. The maximum atomic E-state index is 12.5. The maximum absolute atomic E-state index is 12.5. The van der Waals surface area contributed by atoms with Crippen LogP contribution in [0.4, 0.5) is 11.5 Å². The van der Waals surface area contributed by atoms with Crippen molar-refractivity contribution in [2.24, 2.45) is 0 Å². The highest BCUT2D eigenvalue weighted by atomic mass is 16.5. The van der Waals surface area contributed by atoms with E-state index in [0.29, 0.717) is 23.0 Å². The SMILES string of the molecule is Cc1cc(NC(=O)CN(C)C(C)C(=O)Nc2ccc(Oc3ccccc3)cc2)no1. The summed E-state index contributed by atoms with van der Waals surface area (Å²) in [5.74, 6) is 1.85. The Balaban J connectivity index is 1.49. The second kappa shape index (κ2) is 9.71. The highest BCUT2D eigenvalue weighted by Gasteiger charge is 2.20. The standard InChI is InChI=1S/C22H24N4O4/c1-15-13-20(25-30-15)24-21(27)14-26(3)16(2)22(28)23-17-9-11-19(12-10-17)29-18-7-5-4-6-8-18/h4-13,16H,14H2,1-3H3,(H,23,28)(H,24,25,27). The van der Waals surface area contributed by atoms with Crippen LogP contribution in [-0.4, -0.2) is 41.5 Å². The minimum absolute atomic E-state index is 0.0321. The average molecular weight is 408 g/mol. The Morgan fingerprint density at radius 3 is 2.37 bits per heavy atom. The molecule has 0 saturated carbocycles. The van der Waals surface area contributed by atoms with Gasteiger partial charge in [0, 0.05) is 11.8 Å². The van der Waals surface area contributed by atoms with E-state index in [9.17, 15) is 9.59 Å². The molecule has 0 aliphatic carbocycles. The molecule has 1 unspecified atom stereocenters. The number of nitrogens with one attached hydrogen (secondary N) is 2. The van der Waals surface area contributed by atoms with Crippen molar-refractivity contribution >= 4 is 23.3 Å². The van der Waals surface area contributed by atoms with Gasteiger partial charge in [-0.1, -0.05) is 23.4 Å². The summed E-state index contributed by atoms with van der Waals surface area (Å²) in [5, 5.41) is 9.19. The van der Waals surface area contributed by atoms with Crippen LogP contribution in [0.25, 0.3) is 0 Å². The first-order valence-corrected chi connectivity index (χ1v) is 9.48. The summed E-state index contributed by atoms with van der Waals surface area (Å²) < 4.78 is 10.7. The van der Waals surface area contributed by atoms with Gasteiger partial charge in [0.05, 0.1) is 12.6 Å². The molecule has 1 atom stereocenters. The molecule has 3 rings (SSSR count). The fourth-order valence-electron chi connectivity index (χ4n) is 2.65. The van der Waals surface area contributed by atoms with Crippen LogP contribution < -0.4 is 15.4 Å². The molecule has 0 bridgehead atoms. The number of anilines is 2. The first-order valence-electron chi connectivity index (χ1n) is 9.48. The number of rotatable bonds is 8. The van der Waals surface area contributed by atoms with E-state index in [1.807, 2.05) is 30.3 Å². The van der Waals surface area contributed by atoms with Crippen LogP contribution in [0.2, 0.25) is 0 Å². The van der Waals surface area contributed by atoms with Gasteiger partial charge in [-0.15, -0.1) is 0 Å². The minimum atomic E-state index is -0.518. The van der Waals surface area contributed by atoms with Crippen LogP contribution in [0.15, 0.2) is 65.2 Å². The van der Waals surface area contributed by atoms with Gasteiger partial charge in [0.25, 0.3) is 0 Å². The van der Waals surface area contributed by atoms with Crippen LogP contribution in [0.5, 0.6) is 11.5 Å². The van der Waals surface area contributed by atoms with Gasteiger partial charge in [-0.25, -0.2) is 0 Å². The Morgan fingerprint density at radius 1 is 1.07 bits per heavy atom. The quantitative estimate of drug-likeness (QED) is 0.590. The first-order chi connectivity index (χ1) is 14.4. The molecule has 0 aliphatic heterocycles. The lowest BCUT2D eigenvalue weighted by molar-refractivity contribution is -0.122. The van der Waals surface area contributed by atoms with Crippen LogP contribution in [0.3, 0.4) is 0 Å². The van der Waals surface area contributed by atoms with Gasteiger partial charge in [0.2, 0.25) is 11.8 Å². The summed E-state index contributed by atoms with van der Waals surface area (Å²) in [7, 11) is 1.70. The fourth-order valence-corrected chi connectivity index (χ4v) is 2.65. The van der Waals surface area contributed by atoms with Gasteiger partial charge in [-0.05, 0) is 57.3 Å². The lowest BCUT2D eigenvalue weighted by Crippen LogP contribution is -2.43. The molecule has 1 aromatic heterocycles. The van der Waals surface area contributed by atoms with E-state index >= 15 is 0 Å². The van der Waals surface area contributed by atoms with Crippen molar-refractivity contribution in [3.05, 3.63) is 66.4 Å². The van der Waals surface area contributed by atoms with E-state index in [2.05, 4.69) is 15.8 Å². The third-order valence-electron chi connectivity index (χ3n) is 4.43. The highest BCUT2D eigenvalue weighted by Crippen LogP contribution is 2.22. The summed E-state index contributed by atoms with van der Waals surface area (Å²) in [6.45, 7) is 3.50. The monoisotopic (exact) mass is 408 g/mol. The Kier molecular flexibility index (Phi) is 6.82. The van der Waals surface area contributed by atoms with E-state index in [1.165, 1.54) is 0 Å². The van der Waals surface area contributed by atoms with Crippen molar-refractivity contribution in [2.45, 2.75) is 19.9 Å². The van der Waals surface area contributed by atoms with E-state index in [4.69, 9.17) is 9.26 Å². The van der Waals surface area contributed by atoms with Gasteiger partial charge in [-0.3, -0.25) is 14.5 Å². The van der Waals surface area contributed by atoms with Crippen LogP contribution >= 0.6 is 0 Å². The van der Waals surface area contributed by atoms with Crippen molar-refractivity contribution < 1.29 is 18.8 Å². The lowest BCUT2D eigenvalue weighted by Gasteiger charge is -2.23. The van der Waals surface area contributed by atoms with Gasteiger partial charge in [-0.2, -0.15) is 0 Å². The van der Waals surface area contributed by atoms with Gasteiger partial charge < -0.3 is 19.9 Å². The lowest BCUT2D eigenvalue weighted by atomic mass is 10.2. The minimum Gasteiger partial charge on any atom is -0.457 e. The zero-order valence-corrected chi connectivity index (χ0v) is 17.1. The predicted octanol–water partition coefficient (Wildman–Crippen LogP) is 3.67. The number of para-hydroxylation sites is 1. The zero-order valence-electron chi connectivity index (χ0n) is 17.1. The fraction of sp³-hybridized carbons (Fsp3) is 0.227. The van der Waals surface area contributed by atoms with Crippen molar-refractivity contribution in [1.29, 1.82) is 0 Å². The van der Waals surface area contributed by atoms with Crippen LogP contribution in [0, 0.1) is 6.92 Å². The molecule has 30 heavy (non-hydrogen) atoms. The Hall–Kier alpha value is -3.65. The van der Waals surface area contributed by atoms with Crippen LogP contribution in [0.1, 0.15) is 12.7 Å². The molecule has 8 nitrogen and oxygen atoms in total. The molecule has 2 N–H and O–H groups in total. The highest BCUT2D eigenvalue weighted by molar-refractivity contribution is 5.96. The number of amides is 2. The molecule has 3 aromatic rings. The van der Waals surface area contributed by atoms with E-state index in [1.54, 1.807) is 56.1 Å². The molecule has 0 fully saturated rings. The Labute approximate surface area is 174 Å². The number of carbonyl (C=O) groups excluding carboxylic acids is 2. The van der Waals surface area contributed by atoms with Crippen molar-refractivity contribution in [3.8, 4) is 11.5 Å². The summed E-state index contributed by atoms with van der Waals surface area (Å²) in [4.78, 5) is 26.3. The number of aromatic nitrogens is 1. The summed E-state index contributed by atoms with van der Waals surface area (Å²) in [5.41, 5.74) is 0.642. The molecule has 156 valence electrons. The third-order valence-corrected chi connectivity index (χ3v) is 4.43. The number of hydrogen-bond donors (Lipinski definition) is 2. The van der Waals surface area contributed by atoms with Crippen molar-refractivity contribution in [3.63, 3.8) is 0 Å². The largest absolute Gasteiger partial charge is 0.457 e. The molecule has 0 aliphatic rings. The molecular weight excluding hydrogens is 384 g/mol. The zero-order chi connectivity index (χ0) is 21.5. The second-order valence-corrected chi connectivity index (χ2v) is 6.89. The number of carbonyl (C=O) groups is 2. The normalized spacial score (nSPS) is 11.7. The molecule has 0 saturated heterocycles. The van der Waals surface area contributed by atoms with E-state index in [0.717, 1.165) is 5.75 Å².